The molecule has 3 N–H and O–H groups in total. The predicted octanol–water partition coefficient (Wildman–Crippen LogP) is 0.994. The maximum absolute atomic E-state index is 11.8. The highest BCUT2D eigenvalue weighted by Crippen LogP contribution is 2.20. The van der Waals surface area contributed by atoms with E-state index < -0.39 is 61.7 Å². The molecule has 0 aliphatic carbocycles. The number of halogens is 3. The molecule has 0 spiro atoms. The average Bonchev–Trinajstić information content (AvgIpc) is 2.98. The molecule has 0 saturated heterocycles. The molecule has 0 atom stereocenters. The van der Waals surface area contributed by atoms with Crippen LogP contribution in [0, 0.1) is 0 Å². The number of nitrogens with zero attached hydrogens (tertiary/aromatic N) is 1. The lowest BCUT2D eigenvalue weighted by atomic mass is 10.2. The fourth-order valence-electron chi connectivity index (χ4n) is 1.51. The number of carbonyl (C=O) groups is 5. The van der Waals surface area contributed by atoms with Crippen molar-refractivity contribution in [3.8, 4) is 0 Å². The number of rotatable bonds is 9. The van der Waals surface area contributed by atoms with Crippen molar-refractivity contribution in [2.24, 2.45) is 0 Å². The molecule has 0 fully saturated rings. The van der Waals surface area contributed by atoms with Crippen molar-refractivity contribution in [3.05, 3.63) is 22.4 Å². The Labute approximate surface area is 153 Å². The lowest BCUT2D eigenvalue weighted by Gasteiger charge is -2.14. The van der Waals surface area contributed by atoms with Gasteiger partial charge in [-0.3, -0.25) is 28.9 Å². The van der Waals surface area contributed by atoms with Crippen LogP contribution in [0.5, 0.6) is 0 Å². The van der Waals surface area contributed by atoms with E-state index in [1.165, 1.54) is 12.1 Å². The van der Waals surface area contributed by atoms with Gasteiger partial charge >= 0.3 is 24.1 Å². The number of carbonyl (C=O) groups excluding carboxylic acids is 2. The molecule has 1 aromatic heterocycles. The molecule has 0 aromatic carbocycles. The first-order valence-electron chi connectivity index (χ1n) is 6.87. The second-order valence-electron chi connectivity index (χ2n) is 4.82. The zero-order valence-electron chi connectivity index (χ0n) is 13.4. The lowest BCUT2D eigenvalue weighted by molar-refractivity contribution is -0.170. The number of carboxylic acid groups (broad SMARTS) is 3. The minimum absolute atomic E-state index is 0.169. The van der Waals surface area contributed by atoms with E-state index in [1.54, 1.807) is 5.38 Å². The van der Waals surface area contributed by atoms with Crippen LogP contribution in [-0.2, 0) is 19.2 Å². The summed E-state index contributed by atoms with van der Waals surface area (Å²) in [4.78, 5) is 52.9. The van der Waals surface area contributed by atoms with Gasteiger partial charge in [-0.25, -0.2) is 0 Å². The SMILES string of the molecule is O=C(CC(=O)C(F)(F)F)c1cccs1.O=C(O)CN(CC(=O)O)CC(=O)O. The van der Waals surface area contributed by atoms with Crippen molar-refractivity contribution in [2.75, 3.05) is 19.6 Å². The standard InChI is InChI=1S/C8H5F3O2S.C6H9NO6/c9-8(10,11)7(13)4-5(12)6-2-1-3-14-6;8-4(9)1-7(2-5(10)11)3-6(12)13/h1-3H,4H2;1-3H2,(H,8,9)(H,10,11)(H,12,13). The second-order valence-corrected chi connectivity index (χ2v) is 5.77. The number of aliphatic carboxylic acids is 3. The number of hydrogen-bond acceptors (Lipinski definition) is 7. The number of carboxylic acids is 3. The van der Waals surface area contributed by atoms with Crippen molar-refractivity contribution in [1.82, 2.24) is 4.90 Å². The molecule has 9 nitrogen and oxygen atoms in total. The Morgan fingerprint density at radius 1 is 0.926 bits per heavy atom. The Morgan fingerprint density at radius 3 is 1.67 bits per heavy atom. The van der Waals surface area contributed by atoms with E-state index in [-0.39, 0.29) is 4.88 Å². The van der Waals surface area contributed by atoms with Crippen LogP contribution in [0.3, 0.4) is 0 Å². The van der Waals surface area contributed by atoms with Crippen molar-refractivity contribution < 1.29 is 52.5 Å². The van der Waals surface area contributed by atoms with Crippen LogP contribution < -0.4 is 0 Å². The summed E-state index contributed by atoms with van der Waals surface area (Å²) in [5, 5.41) is 26.4. The molecule has 0 aliphatic rings. The quantitative estimate of drug-likeness (QED) is 0.398. The summed E-state index contributed by atoms with van der Waals surface area (Å²) in [5.41, 5.74) is 0. The second kappa shape index (κ2) is 11.0. The summed E-state index contributed by atoms with van der Waals surface area (Å²) in [7, 11) is 0. The van der Waals surface area contributed by atoms with Crippen LogP contribution in [0.15, 0.2) is 17.5 Å². The highest BCUT2D eigenvalue weighted by Gasteiger charge is 2.39. The summed E-state index contributed by atoms with van der Waals surface area (Å²) in [6.07, 6.45) is -6.03. The van der Waals surface area contributed by atoms with Gasteiger partial charge in [0.1, 0.15) is 0 Å². The van der Waals surface area contributed by atoms with Crippen LogP contribution >= 0.6 is 11.3 Å². The monoisotopic (exact) mass is 413 g/mol. The summed E-state index contributed by atoms with van der Waals surface area (Å²) >= 11 is 1.01. The molecule has 27 heavy (non-hydrogen) atoms. The molecule has 0 amide bonds. The number of alkyl halides is 3. The van der Waals surface area contributed by atoms with E-state index >= 15 is 0 Å². The van der Waals surface area contributed by atoms with Crippen molar-refractivity contribution in [3.63, 3.8) is 0 Å². The highest BCUT2D eigenvalue weighted by molar-refractivity contribution is 7.12. The molecule has 150 valence electrons. The minimum Gasteiger partial charge on any atom is -0.480 e. The summed E-state index contributed by atoms with van der Waals surface area (Å²) in [6, 6.07) is 2.92. The topological polar surface area (TPSA) is 149 Å². The van der Waals surface area contributed by atoms with E-state index in [9.17, 15) is 37.1 Å². The van der Waals surface area contributed by atoms with Crippen LogP contribution in [-0.4, -0.2) is 75.5 Å². The van der Waals surface area contributed by atoms with Crippen LogP contribution in [0.4, 0.5) is 13.2 Å². The largest absolute Gasteiger partial charge is 0.480 e. The van der Waals surface area contributed by atoms with Crippen molar-refractivity contribution >= 4 is 40.8 Å². The minimum atomic E-state index is -4.92. The van der Waals surface area contributed by atoms with Gasteiger partial charge < -0.3 is 15.3 Å². The van der Waals surface area contributed by atoms with Crippen LogP contribution in [0.25, 0.3) is 0 Å². The van der Waals surface area contributed by atoms with E-state index in [2.05, 4.69) is 0 Å². The van der Waals surface area contributed by atoms with Gasteiger partial charge in [-0.2, -0.15) is 13.2 Å². The highest BCUT2D eigenvalue weighted by atomic mass is 32.1. The van der Waals surface area contributed by atoms with Gasteiger partial charge in [0, 0.05) is 0 Å². The summed E-state index contributed by atoms with van der Waals surface area (Å²) < 4.78 is 35.3. The van der Waals surface area contributed by atoms with Crippen LogP contribution in [0.2, 0.25) is 0 Å². The third-order valence-electron chi connectivity index (χ3n) is 2.51. The lowest BCUT2D eigenvalue weighted by Crippen LogP contribution is -2.38. The Hall–Kier alpha value is -2.80. The fourth-order valence-corrected chi connectivity index (χ4v) is 2.18. The first-order chi connectivity index (χ1) is 12.3. The summed E-state index contributed by atoms with van der Waals surface area (Å²) in [6.45, 7) is -1.80. The molecule has 0 radical (unpaired) electrons. The number of ketones is 2. The molecular weight excluding hydrogens is 399 g/mol. The van der Waals surface area contributed by atoms with Crippen LogP contribution in [0.1, 0.15) is 16.1 Å². The van der Waals surface area contributed by atoms with Gasteiger partial charge in [-0.15, -0.1) is 11.3 Å². The molecule has 0 saturated carbocycles. The van der Waals surface area contributed by atoms with Gasteiger partial charge in [0.25, 0.3) is 0 Å². The number of Topliss-reactive ketones (excluding diaryl/α,β-unsaturated/α-hetero) is 2. The molecular formula is C14H14F3NO8S. The first kappa shape index (κ1) is 24.2. The van der Waals surface area contributed by atoms with Gasteiger partial charge in [0.2, 0.25) is 5.78 Å². The third kappa shape index (κ3) is 11.4. The summed E-state index contributed by atoms with van der Waals surface area (Å²) in [5.74, 6) is -6.58. The number of thiophene rings is 1. The molecule has 1 heterocycles. The third-order valence-corrected chi connectivity index (χ3v) is 3.42. The zero-order valence-corrected chi connectivity index (χ0v) is 14.2. The molecule has 0 unspecified atom stereocenters. The maximum Gasteiger partial charge on any atom is 0.450 e. The number of hydrogen-bond donors (Lipinski definition) is 3. The predicted molar refractivity (Wildman–Crippen MR) is 83.7 cm³/mol. The average molecular weight is 413 g/mol. The molecule has 0 aliphatic heterocycles. The van der Waals surface area contributed by atoms with Crippen molar-refractivity contribution in [1.29, 1.82) is 0 Å². The molecule has 0 bridgehead atoms. The fraction of sp³-hybridized carbons (Fsp3) is 0.357. The Kier molecular flexibility index (Phi) is 9.88. The van der Waals surface area contributed by atoms with Gasteiger partial charge in [0.05, 0.1) is 30.9 Å². The Morgan fingerprint density at radius 2 is 1.37 bits per heavy atom. The smallest absolute Gasteiger partial charge is 0.450 e. The van der Waals surface area contributed by atoms with Gasteiger partial charge in [0.15, 0.2) is 5.78 Å². The van der Waals surface area contributed by atoms with E-state index in [0.717, 1.165) is 16.2 Å². The maximum atomic E-state index is 11.8. The molecule has 1 rings (SSSR count). The van der Waals surface area contributed by atoms with E-state index in [4.69, 9.17) is 15.3 Å². The van der Waals surface area contributed by atoms with Gasteiger partial charge in [-0.05, 0) is 11.4 Å². The van der Waals surface area contributed by atoms with Crippen molar-refractivity contribution in [2.45, 2.75) is 12.6 Å². The Balaban J connectivity index is 0.000000503. The normalized spacial score (nSPS) is 10.7. The van der Waals surface area contributed by atoms with E-state index in [1.807, 2.05) is 0 Å². The van der Waals surface area contributed by atoms with E-state index in [0.29, 0.717) is 0 Å². The van der Waals surface area contributed by atoms with Gasteiger partial charge in [-0.1, -0.05) is 6.07 Å². The first-order valence-corrected chi connectivity index (χ1v) is 7.75. The molecule has 1 aromatic rings. The zero-order chi connectivity index (χ0) is 21.2. The molecule has 13 heteroatoms. The Bertz CT molecular complexity index is 649.